The van der Waals surface area contributed by atoms with Gasteiger partial charge in [0.2, 0.25) is 0 Å². The second-order valence-electron chi connectivity index (χ2n) is 4.96. The monoisotopic (exact) mass is 317 g/mol. The molecule has 1 aromatic rings. The summed E-state index contributed by atoms with van der Waals surface area (Å²) in [5.41, 5.74) is 1.83. The van der Waals surface area contributed by atoms with Gasteiger partial charge in [0.05, 0.1) is 22.8 Å². The lowest BCUT2D eigenvalue weighted by Crippen LogP contribution is -2.43. The van der Waals surface area contributed by atoms with Crippen molar-refractivity contribution in [1.29, 1.82) is 0 Å². The van der Waals surface area contributed by atoms with Gasteiger partial charge >= 0.3 is 5.97 Å². The number of aliphatic carboxylic acids is 1. The van der Waals surface area contributed by atoms with Crippen molar-refractivity contribution in [2.24, 2.45) is 0 Å². The van der Waals surface area contributed by atoms with Gasteiger partial charge in [0.15, 0.2) is 0 Å². The lowest BCUT2D eigenvalue weighted by atomic mass is 10.2. The summed E-state index contributed by atoms with van der Waals surface area (Å²) in [7, 11) is 0. The average molecular weight is 318 g/mol. The zero-order chi connectivity index (χ0) is 14.7. The average Bonchev–Trinajstić information content (AvgIpc) is 2.68. The second kappa shape index (κ2) is 6.83. The number of halogens is 1. The molecule has 1 aromatic heterocycles. The van der Waals surface area contributed by atoms with Crippen LogP contribution in [0.3, 0.4) is 0 Å². The van der Waals surface area contributed by atoms with Crippen molar-refractivity contribution in [1.82, 2.24) is 14.7 Å². The first-order valence-electron chi connectivity index (χ1n) is 6.78. The number of aromatic nitrogens is 2. The number of carboxylic acids is 1. The number of rotatable bonds is 5. The number of hydrogen-bond acceptors (Lipinski definition) is 4. The van der Waals surface area contributed by atoms with Crippen LogP contribution in [0, 0.1) is 6.92 Å². The molecule has 1 unspecified atom stereocenters. The van der Waals surface area contributed by atoms with E-state index in [1.807, 2.05) is 30.3 Å². The zero-order valence-corrected chi connectivity index (χ0v) is 13.4. The summed E-state index contributed by atoms with van der Waals surface area (Å²) in [5, 5.41) is 14.2. The first-order chi connectivity index (χ1) is 9.52. The van der Waals surface area contributed by atoms with Gasteiger partial charge in [-0.05, 0) is 13.8 Å². The summed E-state index contributed by atoms with van der Waals surface area (Å²) in [6, 6.07) is 0.0721. The molecule has 0 saturated carbocycles. The quantitative estimate of drug-likeness (QED) is 0.902. The van der Waals surface area contributed by atoms with Crippen LogP contribution in [0.4, 0.5) is 0 Å². The van der Waals surface area contributed by atoms with Crippen molar-refractivity contribution >= 4 is 29.3 Å². The molecule has 1 saturated heterocycles. The molecule has 7 heteroatoms. The molecule has 112 valence electrons. The fourth-order valence-corrected chi connectivity index (χ4v) is 3.83. The van der Waals surface area contributed by atoms with Crippen LogP contribution >= 0.6 is 23.4 Å². The lowest BCUT2D eigenvalue weighted by molar-refractivity contribution is -0.138. The summed E-state index contributed by atoms with van der Waals surface area (Å²) in [6.45, 7) is 6.28. The van der Waals surface area contributed by atoms with Crippen molar-refractivity contribution in [2.45, 2.75) is 39.4 Å². The molecular weight excluding hydrogens is 298 g/mol. The molecule has 1 N–H and O–H groups in total. The molecule has 0 aromatic carbocycles. The van der Waals surface area contributed by atoms with Crippen molar-refractivity contribution in [3.8, 4) is 0 Å². The minimum atomic E-state index is -0.742. The highest BCUT2D eigenvalue weighted by molar-refractivity contribution is 7.99. The van der Waals surface area contributed by atoms with E-state index in [0.29, 0.717) is 11.6 Å². The van der Waals surface area contributed by atoms with Gasteiger partial charge in [-0.1, -0.05) is 11.6 Å². The maximum absolute atomic E-state index is 11.0. The molecule has 0 bridgehead atoms. The fraction of sp³-hybridized carbons (Fsp3) is 0.692. The Morgan fingerprint density at radius 3 is 3.00 bits per heavy atom. The molecule has 2 rings (SSSR count). The van der Waals surface area contributed by atoms with Crippen molar-refractivity contribution in [3.05, 3.63) is 16.4 Å². The summed E-state index contributed by atoms with van der Waals surface area (Å²) in [6.07, 6.45) is 0.184. The lowest BCUT2D eigenvalue weighted by Gasteiger charge is -2.34. The second-order valence-corrected chi connectivity index (χ2v) is 6.49. The van der Waals surface area contributed by atoms with Gasteiger partial charge in [-0.15, -0.1) is 0 Å². The van der Waals surface area contributed by atoms with Gasteiger partial charge in [-0.3, -0.25) is 14.4 Å². The third-order valence-corrected chi connectivity index (χ3v) is 5.15. The Morgan fingerprint density at radius 1 is 1.60 bits per heavy atom. The van der Waals surface area contributed by atoms with Crippen molar-refractivity contribution < 1.29 is 9.90 Å². The molecule has 20 heavy (non-hydrogen) atoms. The third-order valence-electron chi connectivity index (χ3n) is 3.57. The Kier molecular flexibility index (Phi) is 5.35. The van der Waals surface area contributed by atoms with E-state index in [2.05, 4.69) is 10.00 Å². The molecule has 1 aliphatic rings. The van der Waals surface area contributed by atoms with Crippen LogP contribution in [0.15, 0.2) is 0 Å². The Labute approximate surface area is 128 Å². The minimum absolute atomic E-state index is 0.0721. The Morgan fingerprint density at radius 2 is 2.35 bits per heavy atom. The van der Waals surface area contributed by atoms with Gasteiger partial charge in [-0.25, -0.2) is 0 Å². The van der Waals surface area contributed by atoms with Crippen LogP contribution in [0.5, 0.6) is 0 Å². The van der Waals surface area contributed by atoms with Crippen molar-refractivity contribution in [2.75, 3.05) is 18.1 Å². The number of aryl methyl sites for hydroxylation is 2. The SMILES string of the molecule is CCn1nc(C)c(Cl)c1CN1CCSCC1CC(=O)O. The summed E-state index contributed by atoms with van der Waals surface area (Å²) >= 11 is 8.15. The molecule has 1 fully saturated rings. The number of thioether (sulfide) groups is 1. The normalized spacial score (nSPS) is 20.2. The fourth-order valence-electron chi connectivity index (χ4n) is 2.50. The van der Waals surface area contributed by atoms with Crippen molar-refractivity contribution in [3.63, 3.8) is 0 Å². The summed E-state index contributed by atoms with van der Waals surface area (Å²) in [5.74, 6) is 1.16. The van der Waals surface area contributed by atoms with E-state index < -0.39 is 5.97 Å². The predicted molar refractivity (Wildman–Crippen MR) is 81.4 cm³/mol. The maximum Gasteiger partial charge on any atom is 0.304 e. The Bertz CT molecular complexity index is 492. The number of carbonyl (C=O) groups is 1. The first kappa shape index (κ1) is 15.7. The molecule has 0 aliphatic carbocycles. The standard InChI is InChI=1S/C13H20ClN3O2S/c1-3-17-11(13(14)9(2)15-17)7-16-4-5-20-8-10(16)6-12(18)19/h10H,3-8H2,1-2H3,(H,18,19). The van der Waals surface area contributed by atoms with E-state index in [9.17, 15) is 4.79 Å². The minimum Gasteiger partial charge on any atom is -0.481 e. The van der Waals surface area contributed by atoms with Crippen LogP contribution in [0.1, 0.15) is 24.7 Å². The summed E-state index contributed by atoms with van der Waals surface area (Å²) < 4.78 is 1.91. The Hall–Kier alpha value is -0.720. The van der Waals surface area contributed by atoms with Crippen LogP contribution in [0.25, 0.3) is 0 Å². The zero-order valence-electron chi connectivity index (χ0n) is 11.8. The highest BCUT2D eigenvalue weighted by Gasteiger charge is 2.27. The molecule has 5 nitrogen and oxygen atoms in total. The molecule has 0 radical (unpaired) electrons. The third kappa shape index (κ3) is 3.48. The highest BCUT2D eigenvalue weighted by Crippen LogP contribution is 2.26. The van der Waals surface area contributed by atoms with Gasteiger partial charge in [-0.2, -0.15) is 16.9 Å². The van der Waals surface area contributed by atoms with Crippen LogP contribution < -0.4 is 0 Å². The molecule has 0 amide bonds. The molecule has 0 spiro atoms. The van der Waals surface area contributed by atoms with Crippen LogP contribution in [-0.4, -0.2) is 49.8 Å². The summed E-state index contributed by atoms with van der Waals surface area (Å²) in [4.78, 5) is 13.2. The van der Waals surface area contributed by atoms with Gasteiger partial charge in [0, 0.05) is 37.2 Å². The first-order valence-corrected chi connectivity index (χ1v) is 8.31. The van der Waals surface area contributed by atoms with Gasteiger partial charge in [0.25, 0.3) is 0 Å². The largest absolute Gasteiger partial charge is 0.481 e. The number of hydrogen-bond donors (Lipinski definition) is 1. The van der Waals surface area contributed by atoms with E-state index in [1.165, 1.54) is 0 Å². The smallest absolute Gasteiger partial charge is 0.304 e. The maximum atomic E-state index is 11.0. The van der Waals surface area contributed by atoms with Gasteiger partial charge < -0.3 is 5.11 Å². The molecule has 1 aliphatic heterocycles. The van der Waals surface area contributed by atoms with E-state index in [1.54, 1.807) is 0 Å². The number of nitrogens with zero attached hydrogens (tertiary/aromatic N) is 3. The molecule has 1 atom stereocenters. The van der Waals surface area contributed by atoms with E-state index >= 15 is 0 Å². The molecule has 2 heterocycles. The van der Waals surface area contributed by atoms with E-state index in [4.69, 9.17) is 16.7 Å². The molecular formula is C13H20ClN3O2S. The topological polar surface area (TPSA) is 58.4 Å². The van der Waals surface area contributed by atoms with E-state index in [-0.39, 0.29) is 12.5 Å². The van der Waals surface area contributed by atoms with Crippen LogP contribution in [-0.2, 0) is 17.9 Å². The van der Waals surface area contributed by atoms with Gasteiger partial charge in [0.1, 0.15) is 0 Å². The van der Waals surface area contributed by atoms with E-state index in [0.717, 1.165) is 36.0 Å². The predicted octanol–water partition coefficient (Wildman–Crippen LogP) is 2.26. The van der Waals surface area contributed by atoms with Crippen LogP contribution in [0.2, 0.25) is 5.02 Å². The number of carboxylic acid groups (broad SMARTS) is 1. The highest BCUT2D eigenvalue weighted by atomic mass is 35.5. The Balaban J connectivity index is 2.16.